The van der Waals surface area contributed by atoms with Crippen molar-refractivity contribution >= 4 is 36.8 Å². The summed E-state index contributed by atoms with van der Waals surface area (Å²) in [6, 6.07) is 0. The summed E-state index contributed by atoms with van der Waals surface area (Å²) in [5.74, 6) is 6.01. The van der Waals surface area contributed by atoms with Gasteiger partial charge in [-0.25, -0.2) is 0 Å². The Bertz CT molecular complexity index is 764. The summed E-state index contributed by atoms with van der Waals surface area (Å²) in [6.45, 7) is 2.22. The van der Waals surface area contributed by atoms with Crippen LogP contribution in [0.3, 0.4) is 0 Å². The maximum atomic E-state index is 12.4. The highest BCUT2D eigenvalue weighted by atomic mass is 32.1. The molecule has 31 heavy (non-hydrogen) atoms. The third-order valence-corrected chi connectivity index (χ3v) is 9.38. The summed E-state index contributed by atoms with van der Waals surface area (Å²) in [5, 5.41) is 17.5. The molecular formula is C25H36O4S2. The fraction of sp³-hybridized carbons (Fsp3) is 0.760. The number of carbonyl (C=O) groups is 2. The Hall–Kier alpha value is -0.740. The second-order valence-electron chi connectivity index (χ2n) is 10.0. The number of rotatable bonds is 4. The van der Waals surface area contributed by atoms with E-state index in [0.29, 0.717) is 30.0 Å². The van der Waals surface area contributed by atoms with E-state index in [1.165, 1.54) is 5.57 Å². The molecule has 0 aromatic heterocycles. The van der Waals surface area contributed by atoms with E-state index >= 15 is 0 Å². The predicted molar refractivity (Wildman–Crippen MR) is 129 cm³/mol. The number of fused-ring (bicyclic) bond motifs is 5. The van der Waals surface area contributed by atoms with Crippen LogP contribution in [0.2, 0.25) is 0 Å². The number of thiol groups is 2. The molecule has 0 bridgehead atoms. The van der Waals surface area contributed by atoms with Crippen molar-refractivity contribution < 1.29 is 19.8 Å². The molecule has 0 spiro atoms. The van der Waals surface area contributed by atoms with Gasteiger partial charge in [0.1, 0.15) is 5.78 Å². The molecule has 7 atom stereocenters. The zero-order valence-electron chi connectivity index (χ0n) is 18.4. The van der Waals surface area contributed by atoms with E-state index in [4.69, 9.17) is 16.6 Å². The lowest BCUT2D eigenvalue weighted by Crippen LogP contribution is -2.51. The molecule has 172 valence electrons. The van der Waals surface area contributed by atoms with Crippen LogP contribution in [0.15, 0.2) is 11.6 Å². The number of allylic oxidation sites excluding steroid dienone is 1. The van der Waals surface area contributed by atoms with Crippen molar-refractivity contribution in [3.63, 3.8) is 0 Å². The van der Waals surface area contributed by atoms with E-state index in [9.17, 15) is 9.59 Å². The summed E-state index contributed by atoms with van der Waals surface area (Å²) in [7, 11) is 0. The molecule has 0 radical (unpaired) electrons. The molecule has 0 saturated heterocycles. The molecule has 4 nitrogen and oxygen atoms in total. The molecule has 3 fully saturated rings. The lowest BCUT2D eigenvalue weighted by atomic mass is 9.46. The topological polar surface area (TPSA) is 74.6 Å². The van der Waals surface area contributed by atoms with E-state index in [2.05, 4.69) is 38.1 Å². The molecule has 0 heterocycles. The van der Waals surface area contributed by atoms with Crippen LogP contribution >= 0.6 is 25.3 Å². The van der Waals surface area contributed by atoms with E-state index in [1.54, 1.807) is 0 Å². The quantitative estimate of drug-likeness (QED) is 0.378. The van der Waals surface area contributed by atoms with E-state index in [1.807, 2.05) is 6.08 Å². The summed E-state index contributed by atoms with van der Waals surface area (Å²) in [5.41, 5.74) is 1.31. The first-order chi connectivity index (χ1) is 14.7. The number of ketones is 2. The highest BCUT2D eigenvalue weighted by Crippen LogP contribution is 2.65. The van der Waals surface area contributed by atoms with Gasteiger partial charge in [0.15, 0.2) is 5.78 Å². The number of hydrogen-bond acceptors (Lipinski definition) is 6. The lowest BCUT2D eigenvalue weighted by Gasteiger charge is -2.57. The maximum absolute atomic E-state index is 12.4. The molecule has 0 aliphatic heterocycles. The molecule has 4 rings (SSSR count). The van der Waals surface area contributed by atoms with Gasteiger partial charge in [-0.15, -0.1) is 12.3 Å². The normalized spacial score (nSPS) is 38.5. The minimum absolute atomic E-state index is 0.0541. The highest BCUT2D eigenvalue weighted by Gasteiger charge is 2.59. The van der Waals surface area contributed by atoms with Crippen molar-refractivity contribution in [1.29, 1.82) is 0 Å². The zero-order valence-corrected chi connectivity index (χ0v) is 20.2. The average molecular weight is 465 g/mol. The number of aliphatic hydroxyl groups is 2. The van der Waals surface area contributed by atoms with Gasteiger partial charge < -0.3 is 10.2 Å². The summed E-state index contributed by atoms with van der Waals surface area (Å²) in [4.78, 5) is 24.4. The van der Waals surface area contributed by atoms with Gasteiger partial charge in [0, 0.05) is 41.6 Å². The smallest absolute Gasteiger partial charge is 0.155 e. The third-order valence-electron chi connectivity index (χ3n) is 8.63. The number of carbonyl (C=O) groups excluding carboxylic acids is 2. The summed E-state index contributed by atoms with van der Waals surface area (Å²) < 4.78 is 0. The van der Waals surface area contributed by atoms with Crippen LogP contribution in [-0.2, 0) is 9.59 Å². The van der Waals surface area contributed by atoms with Crippen molar-refractivity contribution in [2.75, 3.05) is 11.5 Å². The first kappa shape index (κ1) is 24.9. The zero-order chi connectivity index (χ0) is 22.8. The molecule has 2 N–H and O–H groups in total. The van der Waals surface area contributed by atoms with Gasteiger partial charge in [0.05, 0.1) is 12.2 Å². The van der Waals surface area contributed by atoms with Gasteiger partial charge in [-0.05, 0) is 62.4 Å². The molecule has 4 aliphatic carbocycles. The Kier molecular flexibility index (Phi) is 8.06. The van der Waals surface area contributed by atoms with Gasteiger partial charge in [0.25, 0.3) is 0 Å². The average Bonchev–Trinajstić information content (AvgIpc) is 3.08. The van der Waals surface area contributed by atoms with Crippen LogP contribution in [-0.4, -0.2) is 45.5 Å². The molecule has 0 amide bonds. The highest BCUT2D eigenvalue weighted by molar-refractivity contribution is 7.80. The van der Waals surface area contributed by atoms with E-state index in [-0.39, 0.29) is 28.1 Å². The van der Waals surface area contributed by atoms with Crippen molar-refractivity contribution in [2.45, 2.75) is 76.9 Å². The van der Waals surface area contributed by atoms with Crippen LogP contribution in [0.5, 0.6) is 0 Å². The standard InChI is InChI=1S/C21H26O2.C4H10O2S2/c1-3-10-21-12-8-15(22)13-14(21)4-5-16-17-6-7-19(23)20(17,2)11-9-18(16)21;5-3(1-7)4(6)2-8/h1,13,16-18H,4-12H2,2H3;3-8H,1-2H2/t16?,17?,18?,20-,21-;/m0./s1. The molecule has 6 heteroatoms. The van der Waals surface area contributed by atoms with Crippen molar-refractivity contribution in [3.8, 4) is 12.3 Å². The third kappa shape index (κ3) is 4.53. The molecule has 0 aromatic rings. The van der Waals surface area contributed by atoms with Crippen LogP contribution < -0.4 is 0 Å². The van der Waals surface area contributed by atoms with E-state index in [0.717, 1.165) is 51.4 Å². The largest absolute Gasteiger partial charge is 0.390 e. The van der Waals surface area contributed by atoms with Crippen LogP contribution in [0.4, 0.5) is 0 Å². The lowest BCUT2D eigenvalue weighted by molar-refractivity contribution is -0.132. The Morgan fingerprint density at radius 2 is 1.74 bits per heavy atom. The molecule has 4 aliphatic rings. The monoisotopic (exact) mass is 464 g/mol. The van der Waals surface area contributed by atoms with Crippen molar-refractivity contribution in [1.82, 2.24) is 0 Å². The van der Waals surface area contributed by atoms with E-state index < -0.39 is 12.2 Å². The first-order valence-electron chi connectivity index (χ1n) is 11.5. The minimum Gasteiger partial charge on any atom is -0.390 e. The fourth-order valence-electron chi connectivity index (χ4n) is 6.89. The molecule has 5 unspecified atom stereocenters. The van der Waals surface area contributed by atoms with Gasteiger partial charge in [0.2, 0.25) is 0 Å². The molecule has 3 saturated carbocycles. The molecular weight excluding hydrogens is 428 g/mol. The SMILES string of the molecule is C#CC[C@]12CCC(=O)C=C1CCC1C2CC[C@]2(C)C(=O)CCC12.OC(CS)C(O)CS. The number of terminal acetylenes is 1. The van der Waals surface area contributed by atoms with Gasteiger partial charge in [-0.3, -0.25) is 9.59 Å². The second-order valence-corrected chi connectivity index (χ2v) is 10.7. The van der Waals surface area contributed by atoms with Gasteiger partial charge >= 0.3 is 0 Å². The predicted octanol–water partition coefficient (Wildman–Crippen LogP) is 3.66. The Labute approximate surface area is 197 Å². The van der Waals surface area contributed by atoms with Crippen LogP contribution in [0.25, 0.3) is 0 Å². The number of aliphatic hydroxyl groups excluding tert-OH is 2. The minimum atomic E-state index is -0.740. The van der Waals surface area contributed by atoms with Crippen LogP contribution in [0, 0.1) is 40.9 Å². The number of Topliss-reactive ketones (excluding diaryl/α,β-unsaturated/α-hetero) is 1. The van der Waals surface area contributed by atoms with Gasteiger partial charge in [-0.2, -0.15) is 25.3 Å². The van der Waals surface area contributed by atoms with Crippen molar-refractivity contribution in [3.05, 3.63) is 11.6 Å². The second kappa shape index (κ2) is 10.0. The first-order valence-corrected chi connectivity index (χ1v) is 12.8. The fourth-order valence-corrected chi connectivity index (χ4v) is 7.38. The maximum Gasteiger partial charge on any atom is 0.155 e. The van der Waals surface area contributed by atoms with Crippen LogP contribution in [0.1, 0.15) is 64.7 Å². The van der Waals surface area contributed by atoms with Gasteiger partial charge in [-0.1, -0.05) is 12.5 Å². The van der Waals surface area contributed by atoms with Crippen molar-refractivity contribution in [2.24, 2.45) is 28.6 Å². The molecule has 0 aromatic carbocycles. The Balaban J connectivity index is 0.000000293. The summed E-state index contributed by atoms with van der Waals surface area (Å²) >= 11 is 7.53. The Morgan fingerprint density at radius 3 is 2.35 bits per heavy atom. The Morgan fingerprint density at radius 1 is 1.06 bits per heavy atom. The number of hydrogen-bond donors (Lipinski definition) is 4. The summed E-state index contributed by atoms with van der Waals surface area (Å²) in [6.07, 6.45) is 14.7.